The fourth-order valence-electron chi connectivity index (χ4n) is 2.03. The summed E-state index contributed by atoms with van der Waals surface area (Å²) in [6, 6.07) is 12.1. The van der Waals surface area contributed by atoms with E-state index < -0.39 is 0 Å². The number of nitrogens with one attached hydrogen (secondary N) is 1. The van der Waals surface area contributed by atoms with Gasteiger partial charge in [0.25, 0.3) is 0 Å². The van der Waals surface area contributed by atoms with E-state index >= 15 is 0 Å². The molecule has 0 aliphatic carbocycles. The largest absolute Gasteiger partial charge is 0.331 e. The number of amides is 2. The molecule has 0 saturated carbocycles. The predicted octanol–water partition coefficient (Wildman–Crippen LogP) is 3.47. The first-order chi connectivity index (χ1) is 10.1. The Morgan fingerprint density at radius 3 is 2.29 bits per heavy atom. The highest BCUT2D eigenvalue weighted by atomic mass is 16.2. The van der Waals surface area contributed by atoms with E-state index in [1.54, 1.807) is 24.3 Å². The smallest absolute Gasteiger partial charge is 0.317 e. The second kappa shape index (κ2) is 6.88. The van der Waals surface area contributed by atoms with Gasteiger partial charge in [-0.1, -0.05) is 24.3 Å². The highest BCUT2D eigenvalue weighted by Crippen LogP contribution is 2.21. The van der Waals surface area contributed by atoms with Gasteiger partial charge in [-0.05, 0) is 42.7 Å². The van der Waals surface area contributed by atoms with Gasteiger partial charge >= 0.3 is 6.03 Å². The fourth-order valence-corrected chi connectivity index (χ4v) is 2.03. The van der Waals surface area contributed by atoms with Gasteiger partial charge in [-0.25, -0.2) is 4.79 Å². The van der Waals surface area contributed by atoms with Crippen LogP contribution >= 0.6 is 0 Å². The molecule has 0 radical (unpaired) electrons. The van der Waals surface area contributed by atoms with Crippen molar-refractivity contribution < 1.29 is 4.79 Å². The van der Waals surface area contributed by atoms with Gasteiger partial charge in [0.05, 0.1) is 6.04 Å². The molecule has 0 spiro atoms. The molecular formula is C17H21N3O. The lowest BCUT2D eigenvalue weighted by atomic mass is 10.0. The van der Waals surface area contributed by atoms with Crippen molar-refractivity contribution in [3.63, 3.8) is 0 Å². The van der Waals surface area contributed by atoms with E-state index in [4.69, 9.17) is 0 Å². The minimum absolute atomic E-state index is 0.0157. The second-order valence-corrected chi connectivity index (χ2v) is 5.04. The molecule has 1 unspecified atom stereocenters. The standard InChI is InChI=1S/C17H21N3O/c1-4-20(3)17(21)19-13(2)14-5-7-15(8-6-14)16-9-11-18-12-10-16/h5-13H,4H2,1-3H3,(H,19,21). The maximum Gasteiger partial charge on any atom is 0.317 e. The molecule has 0 fully saturated rings. The number of urea groups is 1. The zero-order valence-corrected chi connectivity index (χ0v) is 12.7. The molecule has 1 aromatic carbocycles. The van der Waals surface area contributed by atoms with Crippen LogP contribution in [0.4, 0.5) is 4.79 Å². The number of aromatic nitrogens is 1. The van der Waals surface area contributed by atoms with Crippen LogP contribution in [0.2, 0.25) is 0 Å². The molecule has 2 amide bonds. The lowest BCUT2D eigenvalue weighted by Gasteiger charge is -2.20. The van der Waals surface area contributed by atoms with Crippen LogP contribution in [-0.2, 0) is 0 Å². The van der Waals surface area contributed by atoms with E-state index in [2.05, 4.69) is 22.4 Å². The SMILES string of the molecule is CCN(C)C(=O)NC(C)c1ccc(-c2ccncc2)cc1. The summed E-state index contributed by atoms with van der Waals surface area (Å²) in [4.78, 5) is 17.5. The summed E-state index contributed by atoms with van der Waals surface area (Å²) in [5, 5.41) is 2.98. The monoisotopic (exact) mass is 283 g/mol. The van der Waals surface area contributed by atoms with Crippen molar-refractivity contribution in [2.75, 3.05) is 13.6 Å². The normalized spacial score (nSPS) is 11.8. The second-order valence-electron chi connectivity index (χ2n) is 5.04. The van der Waals surface area contributed by atoms with Crippen molar-refractivity contribution in [3.8, 4) is 11.1 Å². The number of pyridine rings is 1. The Kier molecular flexibility index (Phi) is 4.93. The Hall–Kier alpha value is -2.36. The molecule has 1 aromatic heterocycles. The van der Waals surface area contributed by atoms with E-state index in [1.165, 1.54) is 0 Å². The molecule has 0 aliphatic rings. The van der Waals surface area contributed by atoms with Gasteiger partial charge in [0, 0.05) is 26.0 Å². The van der Waals surface area contributed by atoms with Crippen LogP contribution in [0.1, 0.15) is 25.5 Å². The van der Waals surface area contributed by atoms with Crippen molar-refractivity contribution in [3.05, 3.63) is 54.4 Å². The number of carbonyl (C=O) groups excluding carboxylic acids is 1. The number of benzene rings is 1. The van der Waals surface area contributed by atoms with Gasteiger partial charge in [0.1, 0.15) is 0 Å². The van der Waals surface area contributed by atoms with Crippen LogP contribution in [0.25, 0.3) is 11.1 Å². The molecule has 1 N–H and O–H groups in total. The maximum absolute atomic E-state index is 11.9. The minimum atomic E-state index is -0.0526. The molecule has 0 aliphatic heterocycles. The summed E-state index contributed by atoms with van der Waals surface area (Å²) in [6.07, 6.45) is 3.57. The summed E-state index contributed by atoms with van der Waals surface area (Å²) < 4.78 is 0. The number of hydrogen-bond donors (Lipinski definition) is 1. The Morgan fingerprint density at radius 2 is 1.71 bits per heavy atom. The molecule has 1 heterocycles. The molecule has 2 aromatic rings. The Labute approximate surface area is 125 Å². The van der Waals surface area contributed by atoms with E-state index in [0.29, 0.717) is 6.54 Å². The molecule has 0 saturated heterocycles. The van der Waals surface area contributed by atoms with Crippen molar-refractivity contribution in [2.24, 2.45) is 0 Å². The van der Waals surface area contributed by atoms with Gasteiger partial charge < -0.3 is 10.2 Å². The zero-order chi connectivity index (χ0) is 15.2. The van der Waals surface area contributed by atoms with Crippen LogP contribution in [0, 0.1) is 0 Å². The summed E-state index contributed by atoms with van der Waals surface area (Å²) in [5.74, 6) is 0. The average molecular weight is 283 g/mol. The summed E-state index contributed by atoms with van der Waals surface area (Å²) in [6.45, 7) is 4.64. The van der Waals surface area contributed by atoms with Crippen LogP contribution < -0.4 is 5.32 Å². The first kappa shape index (κ1) is 15.0. The van der Waals surface area contributed by atoms with Crippen LogP contribution in [0.5, 0.6) is 0 Å². The van der Waals surface area contributed by atoms with Gasteiger partial charge in [-0.2, -0.15) is 0 Å². The lowest BCUT2D eigenvalue weighted by Crippen LogP contribution is -2.38. The molecular weight excluding hydrogens is 262 g/mol. The average Bonchev–Trinajstić information content (AvgIpc) is 2.55. The summed E-state index contributed by atoms with van der Waals surface area (Å²) in [7, 11) is 1.79. The number of hydrogen-bond acceptors (Lipinski definition) is 2. The summed E-state index contributed by atoms with van der Waals surface area (Å²) >= 11 is 0. The molecule has 110 valence electrons. The zero-order valence-electron chi connectivity index (χ0n) is 12.7. The molecule has 4 nitrogen and oxygen atoms in total. The first-order valence-electron chi connectivity index (χ1n) is 7.13. The van der Waals surface area contributed by atoms with Crippen LogP contribution in [-0.4, -0.2) is 29.5 Å². The molecule has 1 atom stereocenters. The van der Waals surface area contributed by atoms with Crippen LogP contribution in [0.3, 0.4) is 0 Å². The molecule has 4 heteroatoms. The number of nitrogens with zero attached hydrogens (tertiary/aromatic N) is 2. The minimum Gasteiger partial charge on any atom is -0.331 e. The Morgan fingerprint density at radius 1 is 1.14 bits per heavy atom. The van der Waals surface area contributed by atoms with Crippen molar-refractivity contribution >= 4 is 6.03 Å². The van der Waals surface area contributed by atoms with E-state index in [1.807, 2.05) is 38.1 Å². The van der Waals surface area contributed by atoms with E-state index in [9.17, 15) is 4.79 Å². The third-order valence-electron chi connectivity index (χ3n) is 3.59. The highest BCUT2D eigenvalue weighted by Gasteiger charge is 2.12. The third-order valence-corrected chi connectivity index (χ3v) is 3.59. The van der Waals surface area contributed by atoms with Crippen molar-refractivity contribution in [2.45, 2.75) is 19.9 Å². The van der Waals surface area contributed by atoms with Gasteiger partial charge in [-0.3, -0.25) is 4.98 Å². The predicted molar refractivity (Wildman–Crippen MR) is 84.9 cm³/mol. The van der Waals surface area contributed by atoms with Crippen LogP contribution in [0.15, 0.2) is 48.8 Å². The molecule has 21 heavy (non-hydrogen) atoms. The van der Waals surface area contributed by atoms with Crippen molar-refractivity contribution in [1.82, 2.24) is 15.2 Å². The van der Waals surface area contributed by atoms with Gasteiger partial charge in [0.2, 0.25) is 0 Å². The van der Waals surface area contributed by atoms with Gasteiger partial charge in [0.15, 0.2) is 0 Å². The third kappa shape index (κ3) is 3.81. The topological polar surface area (TPSA) is 45.2 Å². The Balaban J connectivity index is 2.07. The maximum atomic E-state index is 11.9. The molecule has 0 bridgehead atoms. The summed E-state index contributed by atoms with van der Waals surface area (Å²) in [5.41, 5.74) is 3.37. The number of rotatable bonds is 4. The lowest BCUT2D eigenvalue weighted by molar-refractivity contribution is 0.208. The fraction of sp³-hybridized carbons (Fsp3) is 0.294. The van der Waals surface area contributed by atoms with E-state index in [0.717, 1.165) is 16.7 Å². The molecule has 2 rings (SSSR count). The van der Waals surface area contributed by atoms with Crippen molar-refractivity contribution in [1.29, 1.82) is 0 Å². The quantitative estimate of drug-likeness (QED) is 0.933. The Bertz CT molecular complexity index is 581. The highest BCUT2D eigenvalue weighted by molar-refractivity contribution is 5.74. The number of carbonyl (C=O) groups is 1. The van der Waals surface area contributed by atoms with Gasteiger partial charge in [-0.15, -0.1) is 0 Å². The van der Waals surface area contributed by atoms with E-state index in [-0.39, 0.29) is 12.1 Å². The first-order valence-corrected chi connectivity index (χ1v) is 7.13.